The maximum absolute atomic E-state index is 12.9. The third-order valence-electron chi connectivity index (χ3n) is 3.57. The summed E-state index contributed by atoms with van der Waals surface area (Å²) in [5, 5.41) is 9.26. The number of ether oxygens (including phenoxy) is 1. The molecule has 1 rings (SSSR count). The molecular weight excluding hydrogens is 310 g/mol. The molecule has 0 bridgehead atoms. The number of hydrogen-bond donors (Lipinski definition) is 1. The maximum atomic E-state index is 12.9. The second kappa shape index (κ2) is 8.24. The van der Waals surface area contributed by atoms with Gasteiger partial charge in [0.05, 0.1) is 13.2 Å². The van der Waals surface area contributed by atoms with Crippen molar-refractivity contribution >= 4 is 21.4 Å². The van der Waals surface area contributed by atoms with Gasteiger partial charge < -0.3 is 9.84 Å². The summed E-state index contributed by atoms with van der Waals surface area (Å²) in [7, 11) is -1.98. The lowest BCUT2D eigenvalue weighted by atomic mass is 10.2. The van der Waals surface area contributed by atoms with E-state index in [0.717, 1.165) is 29.7 Å². The molecule has 1 heterocycles. The van der Waals surface area contributed by atoms with Crippen molar-refractivity contribution in [3.8, 4) is 0 Å². The topological polar surface area (TPSA) is 66.8 Å². The van der Waals surface area contributed by atoms with Crippen LogP contribution in [0.1, 0.15) is 37.1 Å². The fourth-order valence-electron chi connectivity index (χ4n) is 2.26. The highest BCUT2D eigenvalue weighted by Crippen LogP contribution is 2.30. The Morgan fingerprint density at radius 2 is 2.00 bits per heavy atom. The molecule has 0 aliphatic carbocycles. The summed E-state index contributed by atoms with van der Waals surface area (Å²) in [6.45, 7) is 6.38. The number of aliphatic hydroxyl groups is 1. The number of aryl methyl sites for hydroxylation is 1. The van der Waals surface area contributed by atoms with Crippen LogP contribution < -0.4 is 0 Å². The predicted octanol–water partition coefficient (Wildman–Crippen LogP) is 2.37. The summed E-state index contributed by atoms with van der Waals surface area (Å²) in [5.41, 5.74) is 0.817. The van der Waals surface area contributed by atoms with E-state index in [2.05, 4.69) is 0 Å². The Labute approximate surface area is 131 Å². The van der Waals surface area contributed by atoms with Crippen LogP contribution in [0.25, 0.3) is 0 Å². The average Bonchev–Trinajstić information content (AvgIpc) is 2.85. The summed E-state index contributed by atoms with van der Waals surface area (Å²) in [6, 6.07) is 1.61. The predicted molar refractivity (Wildman–Crippen MR) is 85.1 cm³/mol. The van der Waals surface area contributed by atoms with Crippen molar-refractivity contribution in [2.45, 2.75) is 50.5 Å². The number of rotatable bonds is 9. The Hall–Kier alpha value is -0.470. The first-order chi connectivity index (χ1) is 9.92. The van der Waals surface area contributed by atoms with Crippen LogP contribution in [0.3, 0.4) is 0 Å². The highest BCUT2D eigenvalue weighted by atomic mass is 32.2. The van der Waals surface area contributed by atoms with Gasteiger partial charge in [0, 0.05) is 24.6 Å². The van der Waals surface area contributed by atoms with Crippen molar-refractivity contribution < 1.29 is 18.3 Å². The van der Waals surface area contributed by atoms with Crippen LogP contribution in [0.5, 0.6) is 0 Å². The molecule has 1 aromatic rings. The van der Waals surface area contributed by atoms with E-state index < -0.39 is 10.0 Å². The van der Waals surface area contributed by atoms with Gasteiger partial charge in [0.2, 0.25) is 0 Å². The van der Waals surface area contributed by atoms with Crippen molar-refractivity contribution in [1.29, 1.82) is 0 Å². The summed E-state index contributed by atoms with van der Waals surface area (Å²) < 4.78 is 32.6. The minimum absolute atomic E-state index is 0.0369. The molecule has 5 nitrogen and oxygen atoms in total. The average molecular weight is 335 g/mol. The van der Waals surface area contributed by atoms with E-state index in [4.69, 9.17) is 4.74 Å². The van der Waals surface area contributed by atoms with Crippen LogP contribution in [0.15, 0.2) is 10.3 Å². The smallest absolute Gasteiger partial charge is 0.252 e. The van der Waals surface area contributed by atoms with Crippen molar-refractivity contribution in [3.05, 3.63) is 16.5 Å². The Morgan fingerprint density at radius 1 is 1.38 bits per heavy atom. The lowest BCUT2D eigenvalue weighted by molar-refractivity contribution is 0.163. The minimum atomic E-state index is -3.55. The number of methoxy groups -OCH3 is 1. The largest absolute Gasteiger partial charge is 0.391 e. The Bertz CT molecular complexity index is 535. The van der Waals surface area contributed by atoms with Crippen molar-refractivity contribution in [1.82, 2.24) is 4.31 Å². The Morgan fingerprint density at radius 3 is 2.43 bits per heavy atom. The first kappa shape index (κ1) is 18.6. The molecule has 0 aromatic carbocycles. The third kappa shape index (κ3) is 4.26. The van der Waals surface area contributed by atoms with Gasteiger partial charge in [-0.3, -0.25) is 0 Å². The van der Waals surface area contributed by atoms with Crippen molar-refractivity contribution in [2.24, 2.45) is 0 Å². The van der Waals surface area contributed by atoms with Gasteiger partial charge in [-0.05, 0) is 31.4 Å². The fourth-order valence-corrected chi connectivity index (χ4v) is 5.60. The van der Waals surface area contributed by atoms with Crippen LogP contribution >= 0.6 is 11.3 Å². The molecule has 7 heteroatoms. The zero-order valence-electron chi connectivity index (χ0n) is 13.1. The molecule has 21 heavy (non-hydrogen) atoms. The molecule has 0 aliphatic rings. The first-order valence-electron chi connectivity index (χ1n) is 7.13. The van der Waals surface area contributed by atoms with E-state index in [1.807, 2.05) is 20.8 Å². The Balaban J connectivity index is 3.18. The molecule has 1 N–H and O–H groups in total. The van der Waals surface area contributed by atoms with Crippen molar-refractivity contribution in [3.63, 3.8) is 0 Å². The number of aliphatic hydroxyl groups excluding tert-OH is 1. The van der Waals surface area contributed by atoms with Gasteiger partial charge >= 0.3 is 0 Å². The molecule has 0 atom stereocenters. The van der Waals surface area contributed by atoms with Crippen LogP contribution in [-0.4, -0.2) is 44.1 Å². The number of thiophene rings is 1. The molecule has 0 spiro atoms. The number of hydrogen-bond acceptors (Lipinski definition) is 5. The summed E-state index contributed by atoms with van der Waals surface area (Å²) in [6.07, 6.45) is 1.52. The van der Waals surface area contributed by atoms with Crippen LogP contribution in [0.4, 0.5) is 0 Å². The van der Waals surface area contributed by atoms with Crippen LogP contribution in [0.2, 0.25) is 0 Å². The SMILES string of the molecule is CCC(CC)N(CCOC)S(=O)(=O)c1cc(C)c(CO)s1. The number of nitrogens with zero attached hydrogens (tertiary/aromatic N) is 1. The lowest BCUT2D eigenvalue weighted by Crippen LogP contribution is -2.41. The zero-order valence-corrected chi connectivity index (χ0v) is 14.8. The fraction of sp³-hybridized carbons (Fsp3) is 0.714. The second-order valence-electron chi connectivity index (χ2n) is 4.91. The van der Waals surface area contributed by atoms with Crippen LogP contribution in [-0.2, 0) is 21.4 Å². The summed E-state index contributed by atoms with van der Waals surface area (Å²) in [5.74, 6) is 0. The standard InChI is InChI=1S/C14H25NO4S2/c1-5-12(6-2)15(7-8-19-4)21(17,18)14-9-11(3)13(10-16)20-14/h9,12,16H,5-8,10H2,1-4H3. The molecule has 0 unspecified atom stereocenters. The van der Waals surface area contributed by atoms with Crippen LogP contribution in [0, 0.1) is 6.92 Å². The van der Waals surface area contributed by atoms with Crippen molar-refractivity contribution in [2.75, 3.05) is 20.3 Å². The Kier molecular flexibility index (Phi) is 7.29. The first-order valence-corrected chi connectivity index (χ1v) is 9.38. The highest BCUT2D eigenvalue weighted by molar-refractivity contribution is 7.91. The van der Waals surface area contributed by atoms with E-state index in [1.165, 1.54) is 4.31 Å². The third-order valence-corrected chi connectivity index (χ3v) is 7.19. The molecule has 0 saturated heterocycles. The summed E-state index contributed by atoms with van der Waals surface area (Å²) >= 11 is 1.15. The van der Waals surface area contributed by atoms with E-state index in [0.29, 0.717) is 22.2 Å². The number of sulfonamides is 1. The molecule has 0 radical (unpaired) electrons. The van der Waals surface area contributed by atoms with Gasteiger partial charge in [0.25, 0.3) is 10.0 Å². The molecular formula is C14H25NO4S2. The minimum Gasteiger partial charge on any atom is -0.391 e. The quantitative estimate of drug-likeness (QED) is 0.752. The lowest BCUT2D eigenvalue weighted by Gasteiger charge is -2.28. The van der Waals surface area contributed by atoms with E-state index >= 15 is 0 Å². The monoisotopic (exact) mass is 335 g/mol. The molecule has 0 amide bonds. The van der Waals surface area contributed by atoms with E-state index in [9.17, 15) is 13.5 Å². The second-order valence-corrected chi connectivity index (χ2v) is 8.16. The van der Waals surface area contributed by atoms with Gasteiger partial charge in [0.1, 0.15) is 4.21 Å². The van der Waals surface area contributed by atoms with Gasteiger partial charge in [-0.2, -0.15) is 4.31 Å². The molecule has 122 valence electrons. The summed E-state index contributed by atoms with van der Waals surface area (Å²) in [4.78, 5) is 0.699. The van der Waals surface area contributed by atoms with Gasteiger partial charge in [0.15, 0.2) is 0 Å². The van der Waals surface area contributed by atoms with E-state index in [-0.39, 0.29) is 12.6 Å². The molecule has 0 fully saturated rings. The van der Waals surface area contributed by atoms with Gasteiger partial charge in [-0.1, -0.05) is 13.8 Å². The molecule has 1 aromatic heterocycles. The van der Waals surface area contributed by atoms with Gasteiger partial charge in [-0.25, -0.2) is 8.42 Å². The highest BCUT2D eigenvalue weighted by Gasteiger charge is 2.31. The molecule has 0 saturated carbocycles. The zero-order chi connectivity index (χ0) is 16.0. The van der Waals surface area contributed by atoms with E-state index in [1.54, 1.807) is 13.2 Å². The maximum Gasteiger partial charge on any atom is 0.252 e. The molecule has 0 aliphatic heterocycles. The van der Waals surface area contributed by atoms with Gasteiger partial charge in [-0.15, -0.1) is 11.3 Å². The normalized spacial score (nSPS) is 12.5.